The van der Waals surface area contributed by atoms with Crippen molar-refractivity contribution in [3.63, 3.8) is 0 Å². The number of ether oxygens (including phenoxy) is 1. The van der Waals surface area contributed by atoms with Crippen molar-refractivity contribution in [2.75, 3.05) is 32.3 Å². The summed E-state index contributed by atoms with van der Waals surface area (Å²) < 4.78 is 5.28. The maximum Gasteiger partial charge on any atom is 0.267 e. The smallest absolute Gasteiger partial charge is 0.267 e. The largest absolute Gasteiger partial charge is 0.497 e. The van der Waals surface area contributed by atoms with E-state index in [4.69, 9.17) is 22.1 Å². The number of nitrogens with zero attached hydrogens (tertiary/aromatic N) is 2. The highest BCUT2D eigenvalue weighted by Crippen LogP contribution is 2.43. The number of nitrogen functional groups attached to an aromatic ring is 1. The molecule has 2 amide bonds. The second-order valence-corrected chi connectivity index (χ2v) is 9.30. The standard InChI is InChI=1S/C25H23ClN4O3S/c1-13-18(25(32)30(2)3)19(14-8-10-17(33-4)11-9-14)20-21(27)22(34-24(20)28-13)23(31)29-16-7-5-6-15(26)12-16/h5-12H,27H2,1-4H3,(H,29,31). The first-order valence-corrected chi connectivity index (χ1v) is 11.6. The summed E-state index contributed by atoms with van der Waals surface area (Å²) in [5.74, 6) is 0.112. The number of aryl methyl sites for hydroxylation is 1. The van der Waals surface area contributed by atoms with Crippen molar-refractivity contribution in [3.05, 3.63) is 69.7 Å². The number of hydrogen-bond acceptors (Lipinski definition) is 6. The van der Waals surface area contributed by atoms with Gasteiger partial charge in [0.2, 0.25) is 0 Å². The zero-order chi connectivity index (χ0) is 24.6. The highest BCUT2D eigenvalue weighted by atomic mass is 35.5. The van der Waals surface area contributed by atoms with Crippen molar-refractivity contribution in [1.29, 1.82) is 0 Å². The van der Waals surface area contributed by atoms with Crippen LogP contribution in [0.25, 0.3) is 21.3 Å². The number of fused-ring (bicyclic) bond motifs is 1. The van der Waals surface area contributed by atoms with Gasteiger partial charge in [-0.3, -0.25) is 9.59 Å². The van der Waals surface area contributed by atoms with E-state index in [9.17, 15) is 9.59 Å². The molecule has 0 atom stereocenters. The fourth-order valence-corrected chi connectivity index (χ4v) is 4.96. The first-order valence-electron chi connectivity index (χ1n) is 10.4. The van der Waals surface area contributed by atoms with Gasteiger partial charge in [-0.05, 0) is 42.8 Å². The van der Waals surface area contributed by atoms with Crippen LogP contribution in [0.2, 0.25) is 5.02 Å². The summed E-state index contributed by atoms with van der Waals surface area (Å²) in [5, 5.41) is 3.91. The molecule has 174 valence electrons. The van der Waals surface area contributed by atoms with Crippen LogP contribution in [0.15, 0.2) is 48.5 Å². The van der Waals surface area contributed by atoms with Crippen molar-refractivity contribution in [3.8, 4) is 16.9 Å². The molecule has 0 radical (unpaired) electrons. The summed E-state index contributed by atoms with van der Waals surface area (Å²) in [6.45, 7) is 1.78. The number of carbonyl (C=O) groups is 2. The van der Waals surface area contributed by atoms with Gasteiger partial charge < -0.3 is 20.7 Å². The minimum Gasteiger partial charge on any atom is -0.497 e. The van der Waals surface area contributed by atoms with E-state index in [0.717, 1.165) is 5.56 Å². The van der Waals surface area contributed by atoms with Crippen LogP contribution >= 0.6 is 22.9 Å². The predicted octanol–water partition coefficient (Wildman–Crippen LogP) is 5.47. The Morgan fingerprint density at radius 3 is 2.47 bits per heavy atom. The zero-order valence-corrected chi connectivity index (χ0v) is 20.7. The van der Waals surface area contributed by atoms with E-state index in [-0.39, 0.29) is 17.5 Å². The molecule has 2 aromatic heterocycles. The lowest BCUT2D eigenvalue weighted by Gasteiger charge is -2.18. The van der Waals surface area contributed by atoms with Gasteiger partial charge in [0.15, 0.2) is 0 Å². The van der Waals surface area contributed by atoms with Crippen LogP contribution < -0.4 is 15.8 Å². The van der Waals surface area contributed by atoms with Crippen LogP contribution in [-0.4, -0.2) is 42.9 Å². The van der Waals surface area contributed by atoms with Gasteiger partial charge >= 0.3 is 0 Å². The molecule has 34 heavy (non-hydrogen) atoms. The van der Waals surface area contributed by atoms with Crippen LogP contribution in [0.4, 0.5) is 11.4 Å². The summed E-state index contributed by atoms with van der Waals surface area (Å²) in [6.07, 6.45) is 0. The van der Waals surface area contributed by atoms with Crippen molar-refractivity contribution in [2.24, 2.45) is 0 Å². The fraction of sp³-hybridized carbons (Fsp3) is 0.160. The molecule has 0 fully saturated rings. The number of amides is 2. The predicted molar refractivity (Wildman–Crippen MR) is 138 cm³/mol. The number of thiophene rings is 1. The molecule has 3 N–H and O–H groups in total. The van der Waals surface area contributed by atoms with E-state index in [1.807, 2.05) is 24.3 Å². The number of carbonyl (C=O) groups excluding carboxylic acids is 2. The minimum atomic E-state index is -0.374. The average molecular weight is 495 g/mol. The molecule has 0 spiro atoms. The highest BCUT2D eigenvalue weighted by molar-refractivity contribution is 7.21. The number of hydrogen-bond donors (Lipinski definition) is 2. The van der Waals surface area contributed by atoms with Crippen molar-refractivity contribution < 1.29 is 14.3 Å². The molecule has 0 bridgehead atoms. The number of nitrogens with two attached hydrogens (primary N) is 1. The van der Waals surface area contributed by atoms with E-state index in [1.165, 1.54) is 16.2 Å². The molecule has 4 rings (SSSR count). The Hall–Kier alpha value is -3.62. The normalized spacial score (nSPS) is 10.9. The van der Waals surface area contributed by atoms with E-state index in [2.05, 4.69) is 10.3 Å². The minimum absolute atomic E-state index is 0.201. The zero-order valence-electron chi connectivity index (χ0n) is 19.1. The quantitative estimate of drug-likeness (QED) is 0.383. The Kier molecular flexibility index (Phi) is 6.45. The number of pyridine rings is 1. The van der Waals surface area contributed by atoms with Crippen LogP contribution in [0.1, 0.15) is 25.7 Å². The van der Waals surface area contributed by atoms with Gasteiger partial charge in [-0.1, -0.05) is 29.8 Å². The van der Waals surface area contributed by atoms with Crippen molar-refractivity contribution in [2.45, 2.75) is 6.92 Å². The summed E-state index contributed by atoms with van der Waals surface area (Å²) in [4.78, 5) is 33.3. The van der Waals surface area contributed by atoms with Gasteiger partial charge in [-0.25, -0.2) is 4.98 Å². The first-order chi connectivity index (χ1) is 16.2. The van der Waals surface area contributed by atoms with Gasteiger partial charge in [-0.15, -0.1) is 11.3 Å². The van der Waals surface area contributed by atoms with E-state index in [0.29, 0.717) is 48.4 Å². The Morgan fingerprint density at radius 2 is 1.85 bits per heavy atom. The number of aromatic nitrogens is 1. The number of anilines is 2. The molecule has 0 saturated carbocycles. The molecule has 0 aliphatic carbocycles. The lowest BCUT2D eigenvalue weighted by atomic mass is 9.94. The Labute approximate surface area is 206 Å². The lowest BCUT2D eigenvalue weighted by Crippen LogP contribution is -2.24. The third kappa shape index (κ3) is 4.30. The Balaban J connectivity index is 1.94. The van der Waals surface area contributed by atoms with Crippen molar-refractivity contribution in [1.82, 2.24) is 9.88 Å². The molecular weight excluding hydrogens is 472 g/mol. The van der Waals surface area contributed by atoms with Gasteiger partial charge in [-0.2, -0.15) is 0 Å². The maximum atomic E-state index is 13.2. The fourth-order valence-electron chi connectivity index (χ4n) is 3.72. The molecule has 0 saturated heterocycles. The number of nitrogens with one attached hydrogen (secondary N) is 1. The topological polar surface area (TPSA) is 97.5 Å². The summed E-state index contributed by atoms with van der Waals surface area (Å²) >= 11 is 7.23. The van der Waals surface area contributed by atoms with Gasteiger partial charge in [0.05, 0.1) is 24.1 Å². The lowest BCUT2D eigenvalue weighted by molar-refractivity contribution is 0.0827. The van der Waals surface area contributed by atoms with Gasteiger partial charge in [0.1, 0.15) is 15.5 Å². The van der Waals surface area contributed by atoms with E-state index >= 15 is 0 Å². The highest BCUT2D eigenvalue weighted by Gasteiger charge is 2.27. The molecule has 9 heteroatoms. The molecule has 2 heterocycles. The van der Waals surface area contributed by atoms with E-state index in [1.54, 1.807) is 52.4 Å². The third-order valence-corrected chi connectivity index (χ3v) is 6.68. The Bertz CT molecular complexity index is 1410. The molecule has 0 aliphatic rings. The van der Waals surface area contributed by atoms with E-state index < -0.39 is 0 Å². The molecule has 4 aromatic rings. The van der Waals surface area contributed by atoms with Crippen molar-refractivity contribution >= 4 is 56.3 Å². The summed E-state index contributed by atoms with van der Waals surface area (Å²) in [7, 11) is 4.96. The molecule has 0 unspecified atom stereocenters. The van der Waals surface area contributed by atoms with Gasteiger partial charge in [0.25, 0.3) is 11.8 Å². The number of rotatable bonds is 5. The van der Waals surface area contributed by atoms with Crippen LogP contribution in [-0.2, 0) is 0 Å². The second kappa shape index (κ2) is 9.32. The average Bonchev–Trinajstić information content (AvgIpc) is 3.13. The maximum absolute atomic E-state index is 13.2. The summed E-state index contributed by atoms with van der Waals surface area (Å²) in [5.41, 5.74) is 9.77. The summed E-state index contributed by atoms with van der Waals surface area (Å²) in [6, 6.07) is 14.2. The van der Waals surface area contributed by atoms with Crippen LogP contribution in [0, 0.1) is 6.92 Å². The third-order valence-electron chi connectivity index (χ3n) is 5.35. The van der Waals surface area contributed by atoms with Crippen LogP contribution in [0.5, 0.6) is 5.75 Å². The molecular formula is C25H23ClN4O3S. The Morgan fingerprint density at radius 1 is 1.15 bits per heavy atom. The molecule has 2 aromatic carbocycles. The SMILES string of the molecule is COc1ccc(-c2c(C(=O)N(C)C)c(C)nc3sc(C(=O)Nc4cccc(Cl)c4)c(N)c23)cc1. The second-order valence-electron chi connectivity index (χ2n) is 7.86. The van der Waals surface area contributed by atoms with Gasteiger partial charge in [0, 0.05) is 35.8 Å². The number of benzene rings is 2. The van der Waals surface area contributed by atoms with Crippen LogP contribution in [0.3, 0.4) is 0 Å². The first kappa shape index (κ1) is 23.5. The molecule has 0 aliphatic heterocycles. The molecule has 7 nitrogen and oxygen atoms in total. The number of methoxy groups -OCH3 is 1. The monoisotopic (exact) mass is 494 g/mol. The number of halogens is 1.